The van der Waals surface area contributed by atoms with Crippen LogP contribution in [-0.2, 0) is 9.53 Å². The molecular weight excluding hydrogens is 226 g/mol. The summed E-state index contributed by atoms with van der Waals surface area (Å²) >= 11 is 0. The number of carbonyl (C=O) groups excluding carboxylic acids is 1. The van der Waals surface area contributed by atoms with E-state index in [0.717, 1.165) is 19.3 Å². The van der Waals surface area contributed by atoms with Crippen molar-refractivity contribution in [1.29, 1.82) is 0 Å². The third kappa shape index (κ3) is 3.25. The molecule has 0 saturated heterocycles. The van der Waals surface area contributed by atoms with Gasteiger partial charge in [0.25, 0.3) is 0 Å². The highest BCUT2D eigenvalue weighted by atomic mass is 16.5. The highest BCUT2D eigenvalue weighted by molar-refractivity contribution is 5.76. The summed E-state index contributed by atoms with van der Waals surface area (Å²) in [4.78, 5) is 12.0. The largest absolute Gasteiger partial charge is 0.461 e. The van der Waals surface area contributed by atoms with Gasteiger partial charge in [0.1, 0.15) is 12.1 Å². The number of rotatable bonds is 4. The number of ether oxygens (including phenoxy) is 1. The van der Waals surface area contributed by atoms with Gasteiger partial charge >= 0.3 is 5.97 Å². The maximum atomic E-state index is 12.0. The Labute approximate surface area is 110 Å². The molecule has 0 bridgehead atoms. The van der Waals surface area contributed by atoms with Gasteiger partial charge in [-0.1, -0.05) is 27.2 Å². The lowest BCUT2D eigenvalue weighted by molar-refractivity contribution is -0.158. The Balaban J connectivity index is 1.92. The van der Waals surface area contributed by atoms with Crippen molar-refractivity contribution in [2.45, 2.75) is 65.0 Å². The van der Waals surface area contributed by atoms with Crippen molar-refractivity contribution < 1.29 is 9.53 Å². The summed E-state index contributed by atoms with van der Waals surface area (Å²) in [6.07, 6.45) is 5.70. The molecule has 0 radical (unpaired) electrons. The zero-order valence-electron chi connectivity index (χ0n) is 11.9. The Morgan fingerprint density at radius 3 is 2.44 bits per heavy atom. The number of carbonyl (C=O) groups is 1. The van der Waals surface area contributed by atoms with E-state index in [1.165, 1.54) is 12.8 Å². The van der Waals surface area contributed by atoms with Crippen LogP contribution in [0, 0.1) is 23.7 Å². The Hall–Kier alpha value is -0.570. The minimum absolute atomic E-state index is 0.0889. The molecule has 18 heavy (non-hydrogen) atoms. The second-order valence-electron chi connectivity index (χ2n) is 6.66. The van der Waals surface area contributed by atoms with Crippen molar-refractivity contribution in [3.63, 3.8) is 0 Å². The predicted octanol–water partition coefficient (Wildman–Crippen LogP) is 2.73. The molecule has 2 aliphatic carbocycles. The fourth-order valence-corrected chi connectivity index (χ4v) is 3.13. The molecule has 0 aliphatic heterocycles. The van der Waals surface area contributed by atoms with E-state index in [2.05, 4.69) is 20.8 Å². The summed E-state index contributed by atoms with van der Waals surface area (Å²) in [7, 11) is 0. The fourth-order valence-electron chi connectivity index (χ4n) is 3.13. The molecule has 2 rings (SSSR count). The number of hydrogen-bond donors (Lipinski definition) is 1. The molecule has 3 nitrogen and oxygen atoms in total. The zero-order valence-corrected chi connectivity index (χ0v) is 11.9. The van der Waals surface area contributed by atoms with E-state index in [1.807, 2.05) is 0 Å². The summed E-state index contributed by atoms with van der Waals surface area (Å²) in [5, 5.41) is 0. The Morgan fingerprint density at radius 1 is 1.22 bits per heavy atom. The SMILES string of the molecule is CC1CCC(C(C)C)C(OC(=O)C(N)C2CC2)C1. The van der Waals surface area contributed by atoms with Gasteiger partial charge in [-0.25, -0.2) is 0 Å². The Kier molecular flexibility index (Phi) is 4.31. The van der Waals surface area contributed by atoms with Gasteiger partial charge in [0.15, 0.2) is 0 Å². The lowest BCUT2D eigenvalue weighted by Gasteiger charge is -2.37. The van der Waals surface area contributed by atoms with E-state index in [1.54, 1.807) is 0 Å². The maximum Gasteiger partial charge on any atom is 0.323 e. The number of nitrogens with two attached hydrogens (primary N) is 1. The summed E-state index contributed by atoms with van der Waals surface area (Å²) in [6, 6.07) is -0.380. The van der Waals surface area contributed by atoms with Gasteiger partial charge in [0.05, 0.1) is 0 Å². The van der Waals surface area contributed by atoms with E-state index in [4.69, 9.17) is 10.5 Å². The highest BCUT2D eigenvalue weighted by Gasteiger charge is 2.38. The van der Waals surface area contributed by atoms with Crippen LogP contribution in [0.25, 0.3) is 0 Å². The van der Waals surface area contributed by atoms with Crippen LogP contribution in [0.1, 0.15) is 52.9 Å². The first kappa shape index (κ1) is 13.9. The van der Waals surface area contributed by atoms with Crippen LogP contribution >= 0.6 is 0 Å². The summed E-state index contributed by atoms with van der Waals surface area (Å²) in [5.74, 6) is 1.97. The van der Waals surface area contributed by atoms with E-state index >= 15 is 0 Å². The van der Waals surface area contributed by atoms with Crippen molar-refractivity contribution in [2.75, 3.05) is 0 Å². The molecular formula is C15H27NO2. The van der Waals surface area contributed by atoms with Crippen LogP contribution in [0.5, 0.6) is 0 Å². The molecule has 2 saturated carbocycles. The molecule has 4 atom stereocenters. The van der Waals surface area contributed by atoms with Gasteiger partial charge in [0, 0.05) is 0 Å². The Bertz CT molecular complexity index is 299. The molecule has 0 aromatic heterocycles. The lowest BCUT2D eigenvalue weighted by atomic mass is 9.75. The summed E-state index contributed by atoms with van der Waals surface area (Å²) < 4.78 is 5.73. The van der Waals surface area contributed by atoms with Crippen LogP contribution in [0.4, 0.5) is 0 Å². The monoisotopic (exact) mass is 253 g/mol. The van der Waals surface area contributed by atoms with Crippen molar-refractivity contribution in [2.24, 2.45) is 29.4 Å². The molecule has 104 valence electrons. The van der Waals surface area contributed by atoms with Gasteiger partial charge < -0.3 is 10.5 Å². The molecule has 2 fully saturated rings. The molecule has 4 unspecified atom stereocenters. The van der Waals surface area contributed by atoms with Crippen LogP contribution in [0.15, 0.2) is 0 Å². The second kappa shape index (κ2) is 5.60. The first-order valence-corrected chi connectivity index (χ1v) is 7.45. The van der Waals surface area contributed by atoms with Gasteiger partial charge in [-0.05, 0) is 49.4 Å². The minimum Gasteiger partial charge on any atom is -0.461 e. The molecule has 0 spiro atoms. The fraction of sp³-hybridized carbons (Fsp3) is 0.933. The van der Waals surface area contributed by atoms with E-state index < -0.39 is 0 Å². The van der Waals surface area contributed by atoms with Crippen LogP contribution < -0.4 is 5.73 Å². The topological polar surface area (TPSA) is 52.3 Å². The lowest BCUT2D eigenvalue weighted by Crippen LogP contribution is -2.41. The predicted molar refractivity (Wildman–Crippen MR) is 71.9 cm³/mol. The molecule has 0 amide bonds. The van der Waals surface area contributed by atoms with Crippen LogP contribution in [-0.4, -0.2) is 18.1 Å². The standard InChI is InChI=1S/C15H27NO2/c1-9(2)12-7-4-10(3)8-13(12)18-15(17)14(16)11-5-6-11/h9-14H,4-8,16H2,1-3H3. The van der Waals surface area contributed by atoms with Crippen molar-refractivity contribution in [3.05, 3.63) is 0 Å². The van der Waals surface area contributed by atoms with Crippen LogP contribution in [0.3, 0.4) is 0 Å². The van der Waals surface area contributed by atoms with E-state index in [0.29, 0.717) is 23.7 Å². The molecule has 0 aromatic carbocycles. The quantitative estimate of drug-likeness (QED) is 0.784. The molecule has 2 aliphatic rings. The normalized spacial score (nSPS) is 34.4. The minimum atomic E-state index is -0.380. The Morgan fingerprint density at radius 2 is 1.89 bits per heavy atom. The van der Waals surface area contributed by atoms with Crippen molar-refractivity contribution in [3.8, 4) is 0 Å². The molecule has 0 aromatic rings. The van der Waals surface area contributed by atoms with E-state index in [9.17, 15) is 4.79 Å². The third-order valence-corrected chi connectivity index (χ3v) is 4.63. The second-order valence-corrected chi connectivity index (χ2v) is 6.66. The third-order valence-electron chi connectivity index (χ3n) is 4.63. The van der Waals surface area contributed by atoms with Gasteiger partial charge in [-0.2, -0.15) is 0 Å². The highest BCUT2D eigenvalue weighted by Crippen LogP contribution is 2.37. The summed E-state index contributed by atoms with van der Waals surface area (Å²) in [6.45, 7) is 6.70. The van der Waals surface area contributed by atoms with Gasteiger partial charge in [0.2, 0.25) is 0 Å². The smallest absolute Gasteiger partial charge is 0.323 e. The zero-order chi connectivity index (χ0) is 13.3. The number of hydrogen-bond acceptors (Lipinski definition) is 3. The van der Waals surface area contributed by atoms with Crippen molar-refractivity contribution in [1.82, 2.24) is 0 Å². The average molecular weight is 253 g/mol. The number of esters is 1. The first-order chi connectivity index (χ1) is 8.49. The van der Waals surface area contributed by atoms with Gasteiger partial charge in [-0.15, -0.1) is 0 Å². The van der Waals surface area contributed by atoms with E-state index in [-0.39, 0.29) is 18.1 Å². The van der Waals surface area contributed by atoms with Crippen molar-refractivity contribution >= 4 is 5.97 Å². The average Bonchev–Trinajstić information content (AvgIpc) is 3.11. The first-order valence-electron chi connectivity index (χ1n) is 7.45. The van der Waals surface area contributed by atoms with Crippen LogP contribution in [0.2, 0.25) is 0 Å². The molecule has 0 heterocycles. The summed E-state index contributed by atoms with van der Waals surface area (Å²) in [5.41, 5.74) is 5.92. The molecule has 3 heteroatoms. The molecule has 2 N–H and O–H groups in total. The van der Waals surface area contributed by atoms with Gasteiger partial charge in [-0.3, -0.25) is 4.79 Å². The maximum absolute atomic E-state index is 12.0.